The van der Waals surface area contributed by atoms with Gasteiger partial charge in [0.2, 0.25) is 44.6 Å². The lowest BCUT2D eigenvalue weighted by Crippen LogP contribution is -2.62. The molecule has 5 amide bonds. The number of carbonyl (C=O) groups is 5. The normalized spacial score (nSPS) is 26.4. The molecule has 3 heterocycles. The van der Waals surface area contributed by atoms with Crippen molar-refractivity contribution in [3.8, 4) is 11.5 Å². The van der Waals surface area contributed by atoms with E-state index in [2.05, 4.69) is 20.1 Å². The van der Waals surface area contributed by atoms with Crippen LogP contribution < -0.4 is 29.6 Å². The third-order valence-corrected chi connectivity index (χ3v) is 15.0. The second-order valence-electron chi connectivity index (χ2n) is 18.1. The number of ether oxygens (including phenoxy) is 3. The number of nitrogens with zero attached hydrogens (tertiary/aromatic N) is 2. The first-order valence-corrected chi connectivity index (χ1v) is 24.0. The van der Waals surface area contributed by atoms with E-state index in [9.17, 15) is 40.8 Å². The predicted octanol–water partition coefficient (Wildman–Crippen LogP) is 1.76. The second kappa shape index (κ2) is 16.0. The van der Waals surface area contributed by atoms with E-state index in [1.807, 2.05) is 19.1 Å². The van der Waals surface area contributed by atoms with E-state index in [0.29, 0.717) is 43.6 Å². The number of fused-ring (bicyclic) bond motifs is 2. The molecule has 20 heteroatoms. The summed E-state index contributed by atoms with van der Waals surface area (Å²) in [5, 5.41) is 4.95. The number of carbonyl (C=O) groups excluding carboxylic acids is 5. The molecule has 18 nitrogen and oxygen atoms in total. The van der Waals surface area contributed by atoms with Gasteiger partial charge in [-0.25, -0.2) is 26.4 Å². The highest BCUT2D eigenvalue weighted by Crippen LogP contribution is 2.47. The standard InChI is InChI=1S/C39H56N6O12S2/c1-6-25-17-39(25,36(49)43-59(53,54)27-12-13-27)41-33(46)28-16-26(57-37(50)44-18-23-14-29-30(56-21-55-29)15-24(23)19-44)20-45(28)35(48)32(38(2,3)4)40-34(47)31(42-58(5,51)52)22-10-8-7-9-11-22/h14-15,22,25-28,31-32,42H,6-13,16-21H2,1-5H3,(H,40,47)(H,41,46)(H,43,49)/t25-,26+,28?,31-,32+,39-/m0/s1. The molecule has 4 N–H and O–H groups in total. The van der Waals surface area contributed by atoms with Gasteiger partial charge in [-0.1, -0.05) is 53.4 Å². The molecule has 0 radical (unpaired) electrons. The Bertz CT molecular complexity index is 2070. The Labute approximate surface area is 345 Å². The first-order chi connectivity index (χ1) is 27.7. The van der Waals surface area contributed by atoms with E-state index < -0.39 is 90.2 Å². The fraction of sp³-hybridized carbons (Fsp3) is 0.718. The van der Waals surface area contributed by atoms with Crippen molar-refractivity contribution < 1.29 is 55.0 Å². The van der Waals surface area contributed by atoms with Gasteiger partial charge in [0.25, 0.3) is 5.91 Å². The molecule has 59 heavy (non-hydrogen) atoms. The lowest BCUT2D eigenvalue weighted by Gasteiger charge is -2.37. The molecule has 0 spiro atoms. The van der Waals surface area contributed by atoms with Gasteiger partial charge in [0.15, 0.2) is 11.5 Å². The Morgan fingerprint density at radius 1 is 0.949 bits per heavy atom. The minimum absolute atomic E-state index is 0.110. The Kier molecular flexibility index (Phi) is 11.7. The van der Waals surface area contributed by atoms with Crippen LogP contribution in [0, 0.1) is 17.3 Å². The summed E-state index contributed by atoms with van der Waals surface area (Å²) in [4.78, 5) is 73.3. The number of hydrogen-bond acceptors (Lipinski definition) is 12. The summed E-state index contributed by atoms with van der Waals surface area (Å²) in [7, 11) is -7.76. The number of rotatable bonds is 13. The average Bonchev–Trinajstić information content (AvgIpc) is 3.99. The van der Waals surface area contributed by atoms with E-state index in [0.717, 1.165) is 36.6 Å². The molecule has 1 unspecified atom stereocenters. The topological polar surface area (TPSA) is 236 Å². The number of amides is 5. The molecule has 1 saturated heterocycles. The van der Waals surface area contributed by atoms with E-state index in [1.165, 1.54) is 9.80 Å². The summed E-state index contributed by atoms with van der Waals surface area (Å²) in [5.41, 5.74) is -0.778. The van der Waals surface area contributed by atoms with Crippen LogP contribution in [0.1, 0.15) is 103 Å². The summed E-state index contributed by atoms with van der Waals surface area (Å²) in [6.07, 6.45) is 4.54. The molecular weight excluding hydrogens is 809 g/mol. The molecule has 0 bridgehead atoms. The van der Waals surface area contributed by atoms with Crippen LogP contribution >= 0.6 is 0 Å². The smallest absolute Gasteiger partial charge is 0.410 e. The summed E-state index contributed by atoms with van der Waals surface area (Å²) >= 11 is 0. The van der Waals surface area contributed by atoms with Crippen LogP contribution in [0.5, 0.6) is 11.5 Å². The minimum atomic E-state index is -3.93. The van der Waals surface area contributed by atoms with Crippen molar-refractivity contribution >= 4 is 49.8 Å². The molecule has 326 valence electrons. The van der Waals surface area contributed by atoms with Gasteiger partial charge in [0, 0.05) is 19.5 Å². The quantitative estimate of drug-likeness (QED) is 0.222. The largest absolute Gasteiger partial charge is 0.454 e. The number of nitrogens with one attached hydrogen (secondary N) is 4. The van der Waals surface area contributed by atoms with Crippen molar-refractivity contribution in [2.75, 3.05) is 19.6 Å². The minimum Gasteiger partial charge on any atom is -0.454 e. The second-order valence-corrected chi connectivity index (χ2v) is 21.8. The molecule has 3 aliphatic carbocycles. The maximum Gasteiger partial charge on any atom is 0.410 e. The summed E-state index contributed by atoms with van der Waals surface area (Å²) in [5.74, 6) is -2.44. The molecule has 3 saturated carbocycles. The predicted molar refractivity (Wildman–Crippen MR) is 211 cm³/mol. The Hall–Kier alpha value is -4.17. The summed E-state index contributed by atoms with van der Waals surface area (Å²) in [6.45, 7) is 7.33. The Morgan fingerprint density at radius 2 is 1.58 bits per heavy atom. The average molecular weight is 865 g/mol. The van der Waals surface area contributed by atoms with Crippen molar-refractivity contribution in [1.82, 2.24) is 29.9 Å². The molecule has 0 aromatic heterocycles. The molecule has 6 atom stereocenters. The van der Waals surface area contributed by atoms with Gasteiger partial charge < -0.3 is 29.7 Å². The fourth-order valence-corrected chi connectivity index (χ4v) is 11.0. The van der Waals surface area contributed by atoms with Gasteiger partial charge in [-0.3, -0.25) is 28.8 Å². The molecule has 7 rings (SSSR count). The highest BCUT2D eigenvalue weighted by Gasteiger charge is 2.62. The van der Waals surface area contributed by atoms with Crippen LogP contribution in [-0.2, 0) is 57.1 Å². The lowest BCUT2D eigenvalue weighted by atomic mass is 9.82. The fourth-order valence-electron chi connectivity index (χ4n) is 8.91. The van der Waals surface area contributed by atoms with Crippen molar-refractivity contribution in [2.45, 2.75) is 140 Å². The zero-order valence-corrected chi connectivity index (χ0v) is 35.8. The number of sulfonamides is 2. The molecular formula is C39H56N6O12S2. The Morgan fingerprint density at radius 3 is 2.12 bits per heavy atom. The first-order valence-electron chi connectivity index (χ1n) is 20.5. The van der Waals surface area contributed by atoms with Crippen molar-refractivity contribution in [3.05, 3.63) is 23.3 Å². The number of hydrogen-bond donors (Lipinski definition) is 4. The highest BCUT2D eigenvalue weighted by molar-refractivity contribution is 7.91. The van der Waals surface area contributed by atoms with E-state index in [1.54, 1.807) is 20.8 Å². The third kappa shape index (κ3) is 9.28. The maximum absolute atomic E-state index is 14.8. The maximum atomic E-state index is 14.8. The van der Waals surface area contributed by atoms with Crippen molar-refractivity contribution in [3.63, 3.8) is 0 Å². The van der Waals surface area contributed by atoms with Crippen LogP contribution in [0.3, 0.4) is 0 Å². The highest BCUT2D eigenvalue weighted by atomic mass is 32.2. The van der Waals surface area contributed by atoms with Crippen LogP contribution in [0.25, 0.3) is 0 Å². The molecule has 1 aromatic rings. The Balaban J connectivity index is 1.13. The molecule has 3 aliphatic heterocycles. The molecule has 6 aliphatic rings. The van der Waals surface area contributed by atoms with Gasteiger partial charge in [0.1, 0.15) is 29.8 Å². The monoisotopic (exact) mass is 864 g/mol. The SMILES string of the molecule is CC[C@H]1C[C@@]1(NC(=O)C1C[C@@H](OC(=O)N2Cc3cc4c(cc3C2)OCO4)CN1C(=O)[C@@H](NC(=O)[C@@H](NS(C)(=O)=O)C1CCCCC1)C(C)(C)C)C(=O)NS(=O)(=O)C1CC1. The van der Waals surface area contributed by atoms with Crippen LogP contribution in [0.4, 0.5) is 4.79 Å². The van der Waals surface area contributed by atoms with Gasteiger partial charge >= 0.3 is 6.09 Å². The van der Waals surface area contributed by atoms with Gasteiger partial charge in [-0.2, -0.15) is 0 Å². The van der Waals surface area contributed by atoms with Gasteiger partial charge in [0.05, 0.1) is 18.1 Å². The number of likely N-dealkylation sites (tertiary alicyclic amines) is 1. The van der Waals surface area contributed by atoms with Crippen LogP contribution in [-0.4, -0.2) is 111 Å². The first kappa shape index (κ1) is 42.9. The van der Waals surface area contributed by atoms with Crippen molar-refractivity contribution in [1.29, 1.82) is 0 Å². The summed E-state index contributed by atoms with van der Waals surface area (Å²) < 4.78 is 72.1. The summed E-state index contributed by atoms with van der Waals surface area (Å²) in [6, 6.07) is -0.0616. The zero-order valence-electron chi connectivity index (χ0n) is 34.2. The van der Waals surface area contributed by atoms with E-state index in [-0.39, 0.29) is 51.1 Å². The van der Waals surface area contributed by atoms with Gasteiger partial charge in [-0.05, 0) is 72.6 Å². The van der Waals surface area contributed by atoms with Crippen LogP contribution in [0.15, 0.2) is 12.1 Å². The van der Waals surface area contributed by atoms with Crippen LogP contribution in [0.2, 0.25) is 0 Å². The number of benzene rings is 1. The van der Waals surface area contributed by atoms with E-state index >= 15 is 0 Å². The zero-order chi connectivity index (χ0) is 42.7. The third-order valence-electron chi connectivity index (χ3n) is 12.5. The van der Waals surface area contributed by atoms with Gasteiger partial charge in [-0.15, -0.1) is 0 Å². The van der Waals surface area contributed by atoms with E-state index in [4.69, 9.17) is 14.2 Å². The molecule has 1 aromatic carbocycles. The molecule has 4 fully saturated rings. The van der Waals surface area contributed by atoms with Crippen molar-refractivity contribution in [2.24, 2.45) is 17.3 Å². The lowest BCUT2D eigenvalue weighted by molar-refractivity contribution is -0.145.